The lowest BCUT2D eigenvalue weighted by Crippen LogP contribution is -2.47. The van der Waals surface area contributed by atoms with E-state index in [-0.39, 0.29) is 11.8 Å². The molecule has 2 unspecified atom stereocenters. The fraction of sp³-hybridized carbons (Fsp3) is 0.720. The van der Waals surface area contributed by atoms with Crippen LogP contribution in [0.5, 0.6) is 0 Å². The molecule has 1 aromatic carbocycles. The summed E-state index contributed by atoms with van der Waals surface area (Å²) in [5.74, 6) is 0.408. The van der Waals surface area contributed by atoms with Crippen molar-refractivity contribution in [3.8, 4) is 0 Å². The van der Waals surface area contributed by atoms with Crippen LogP contribution >= 0.6 is 0 Å². The first kappa shape index (κ1) is 22.6. The molecule has 0 bridgehead atoms. The number of rotatable bonds is 8. The molecule has 1 amide bonds. The van der Waals surface area contributed by atoms with Crippen molar-refractivity contribution in [3.63, 3.8) is 0 Å². The summed E-state index contributed by atoms with van der Waals surface area (Å²) in [6.07, 6.45) is 10.6. The summed E-state index contributed by atoms with van der Waals surface area (Å²) in [5.41, 5.74) is 9.16. The lowest BCUT2D eigenvalue weighted by atomic mass is 10.0. The van der Waals surface area contributed by atoms with E-state index in [9.17, 15) is 4.79 Å². The van der Waals surface area contributed by atoms with Crippen LogP contribution in [0, 0.1) is 5.92 Å². The first-order chi connectivity index (χ1) is 15.1. The average Bonchev–Trinajstić information content (AvgIpc) is 3.47. The summed E-state index contributed by atoms with van der Waals surface area (Å²) < 4.78 is 0. The van der Waals surface area contributed by atoms with Gasteiger partial charge in [0.05, 0.1) is 0 Å². The third-order valence-corrected chi connectivity index (χ3v) is 7.52. The fourth-order valence-electron chi connectivity index (χ4n) is 5.61. The highest BCUT2D eigenvalue weighted by Gasteiger charge is 2.28. The Morgan fingerprint density at radius 2 is 1.74 bits per heavy atom. The predicted octanol–water partition coefficient (Wildman–Crippen LogP) is 3.75. The highest BCUT2D eigenvalue weighted by molar-refractivity contribution is 5.92. The monoisotopic (exact) mass is 427 g/mol. The number of carbonyl (C=O) groups excluding carboxylic acids is 1. The quantitative estimate of drug-likeness (QED) is 0.590. The topological polar surface area (TPSA) is 59.6 Å². The third-order valence-electron chi connectivity index (χ3n) is 7.52. The van der Waals surface area contributed by atoms with Crippen molar-refractivity contribution in [2.45, 2.75) is 82.8 Å². The Morgan fingerprint density at radius 1 is 1.06 bits per heavy atom. The minimum Gasteiger partial charge on any atom is -0.371 e. The van der Waals surface area contributed by atoms with Gasteiger partial charge in [0.15, 0.2) is 0 Å². The van der Waals surface area contributed by atoms with Crippen LogP contribution < -0.4 is 21.1 Å². The third kappa shape index (κ3) is 5.99. The molecule has 6 nitrogen and oxygen atoms in total. The number of hydrazine groups is 1. The first-order valence-corrected chi connectivity index (χ1v) is 12.5. The number of hydrogen-bond acceptors (Lipinski definition) is 5. The zero-order valence-electron chi connectivity index (χ0n) is 19.4. The van der Waals surface area contributed by atoms with Crippen LogP contribution in [-0.4, -0.2) is 55.6 Å². The Bertz CT molecular complexity index is 694. The standard InChI is InChI=1S/C25H41N5O/c1-3-6-21-17-22(28-27-21)18-29(2)23-13-15-30(16-14-23)24-11-9-20(10-12-24)26-25(31)19-7-4-5-8-19/h9-12,19,21-23,27-28H,3-8,13-18H2,1-2H3,(H,26,31). The van der Waals surface area contributed by atoms with Gasteiger partial charge >= 0.3 is 0 Å². The summed E-state index contributed by atoms with van der Waals surface area (Å²) in [4.78, 5) is 17.4. The van der Waals surface area contributed by atoms with E-state index in [1.54, 1.807) is 0 Å². The maximum atomic E-state index is 12.3. The van der Waals surface area contributed by atoms with Gasteiger partial charge in [0, 0.05) is 55.1 Å². The number of benzene rings is 1. The van der Waals surface area contributed by atoms with Gasteiger partial charge in [-0.1, -0.05) is 26.2 Å². The van der Waals surface area contributed by atoms with Crippen LogP contribution in [-0.2, 0) is 4.79 Å². The molecule has 0 radical (unpaired) electrons. The van der Waals surface area contributed by atoms with Gasteiger partial charge in [-0.2, -0.15) is 0 Å². The predicted molar refractivity (Wildman–Crippen MR) is 128 cm³/mol. The van der Waals surface area contributed by atoms with E-state index in [1.165, 1.54) is 50.6 Å². The van der Waals surface area contributed by atoms with E-state index in [0.29, 0.717) is 18.1 Å². The summed E-state index contributed by atoms with van der Waals surface area (Å²) in [7, 11) is 2.29. The summed E-state index contributed by atoms with van der Waals surface area (Å²) >= 11 is 0. The van der Waals surface area contributed by atoms with Gasteiger partial charge in [0.1, 0.15) is 0 Å². The highest BCUT2D eigenvalue weighted by Crippen LogP contribution is 2.27. The van der Waals surface area contributed by atoms with Gasteiger partial charge in [-0.25, -0.2) is 0 Å². The molecule has 3 N–H and O–H groups in total. The second-order valence-corrected chi connectivity index (χ2v) is 9.88. The zero-order chi connectivity index (χ0) is 21.6. The van der Waals surface area contributed by atoms with Gasteiger partial charge < -0.3 is 15.1 Å². The number of anilines is 2. The van der Waals surface area contributed by atoms with E-state index in [0.717, 1.165) is 38.2 Å². The van der Waals surface area contributed by atoms with E-state index < -0.39 is 0 Å². The zero-order valence-corrected chi connectivity index (χ0v) is 19.4. The summed E-state index contributed by atoms with van der Waals surface area (Å²) in [5, 5.41) is 3.11. The van der Waals surface area contributed by atoms with Crippen LogP contribution in [0.3, 0.4) is 0 Å². The van der Waals surface area contributed by atoms with Crippen molar-refractivity contribution < 1.29 is 4.79 Å². The molecular formula is C25H41N5O. The summed E-state index contributed by atoms with van der Waals surface area (Å²) in [6.45, 7) is 5.57. The van der Waals surface area contributed by atoms with E-state index in [4.69, 9.17) is 0 Å². The highest BCUT2D eigenvalue weighted by atomic mass is 16.1. The second-order valence-electron chi connectivity index (χ2n) is 9.88. The van der Waals surface area contributed by atoms with Crippen LogP contribution in [0.2, 0.25) is 0 Å². The van der Waals surface area contributed by atoms with Crippen LogP contribution in [0.25, 0.3) is 0 Å². The lowest BCUT2D eigenvalue weighted by Gasteiger charge is -2.38. The van der Waals surface area contributed by atoms with Crippen LogP contribution in [0.1, 0.15) is 64.7 Å². The molecule has 31 heavy (non-hydrogen) atoms. The maximum Gasteiger partial charge on any atom is 0.227 e. The second kappa shape index (κ2) is 10.8. The molecule has 2 saturated heterocycles. The molecule has 2 aliphatic heterocycles. The van der Waals surface area contributed by atoms with Crippen molar-refractivity contribution in [1.29, 1.82) is 0 Å². The van der Waals surface area contributed by atoms with Gasteiger partial charge in [0.2, 0.25) is 5.91 Å². The van der Waals surface area contributed by atoms with Crippen LogP contribution in [0.4, 0.5) is 11.4 Å². The molecule has 4 rings (SSSR count). The van der Waals surface area contributed by atoms with E-state index in [2.05, 4.69) is 64.2 Å². The molecule has 0 aromatic heterocycles. The normalized spacial score (nSPS) is 25.5. The number of nitrogens with zero attached hydrogens (tertiary/aromatic N) is 2. The number of piperidine rings is 1. The number of likely N-dealkylation sites (N-methyl/N-ethyl adjacent to an activating group) is 1. The van der Waals surface area contributed by atoms with Crippen molar-refractivity contribution in [2.75, 3.05) is 36.9 Å². The Balaban J connectivity index is 1.21. The maximum absolute atomic E-state index is 12.3. The van der Waals surface area contributed by atoms with Gasteiger partial charge in [-0.05, 0) is 69.8 Å². The average molecular weight is 428 g/mol. The molecule has 2 atom stereocenters. The molecule has 3 fully saturated rings. The fourth-order valence-corrected chi connectivity index (χ4v) is 5.61. The van der Waals surface area contributed by atoms with Gasteiger partial charge in [-0.3, -0.25) is 15.6 Å². The Morgan fingerprint density at radius 3 is 2.42 bits per heavy atom. The smallest absolute Gasteiger partial charge is 0.227 e. The van der Waals surface area contributed by atoms with Crippen molar-refractivity contribution >= 4 is 17.3 Å². The molecule has 172 valence electrons. The molecule has 0 spiro atoms. The SMILES string of the molecule is CCCC1CC(CN(C)C2CCN(c3ccc(NC(=O)C4CCCC4)cc3)CC2)NN1. The van der Waals surface area contributed by atoms with Crippen molar-refractivity contribution in [1.82, 2.24) is 15.8 Å². The number of hydrogen-bond donors (Lipinski definition) is 3. The molecule has 3 aliphatic rings. The minimum absolute atomic E-state index is 0.196. The summed E-state index contributed by atoms with van der Waals surface area (Å²) in [6, 6.07) is 10.3. The Labute approximate surface area is 188 Å². The largest absolute Gasteiger partial charge is 0.371 e. The number of carbonyl (C=O) groups is 1. The van der Waals surface area contributed by atoms with E-state index >= 15 is 0 Å². The number of nitrogens with one attached hydrogen (secondary N) is 3. The van der Waals surface area contributed by atoms with Crippen molar-refractivity contribution in [2.24, 2.45) is 5.92 Å². The van der Waals surface area contributed by atoms with Crippen LogP contribution in [0.15, 0.2) is 24.3 Å². The lowest BCUT2D eigenvalue weighted by molar-refractivity contribution is -0.119. The van der Waals surface area contributed by atoms with Crippen molar-refractivity contribution in [3.05, 3.63) is 24.3 Å². The Hall–Kier alpha value is -1.63. The van der Waals surface area contributed by atoms with Gasteiger partial charge in [0.25, 0.3) is 0 Å². The first-order valence-electron chi connectivity index (χ1n) is 12.5. The molecular weight excluding hydrogens is 386 g/mol. The molecule has 1 saturated carbocycles. The number of amides is 1. The molecule has 1 aromatic rings. The van der Waals surface area contributed by atoms with Gasteiger partial charge in [-0.15, -0.1) is 0 Å². The molecule has 1 aliphatic carbocycles. The molecule has 6 heteroatoms. The Kier molecular flexibility index (Phi) is 7.86. The minimum atomic E-state index is 0.196. The van der Waals surface area contributed by atoms with E-state index in [1.807, 2.05) is 0 Å². The molecule has 2 heterocycles.